The largest absolute Gasteiger partial charge is 0.507 e. The number of phenols is 1. The molecule has 2 aromatic carbocycles. The van der Waals surface area contributed by atoms with Crippen LogP contribution in [0.4, 0.5) is 0 Å². The van der Waals surface area contributed by atoms with Gasteiger partial charge in [0.2, 0.25) is 0 Å². The molecule has 84 valence electrons. The van der Waals surface area contributed by atoms with Crippen molar-refractivity contribution in [3.05, 3.63) is 29.8 Å². The molecule has 0 aliphatic rings. The first-order valence-electron chi connectivity index (χ1n) is 5.01. The second-order valence-electron chi connectivity index (χ2n) is 3.71. The minimum absolute atomic E-state index is 0.231. The number of hydrogen-bond donors (Lipinski definition) is 1. The van der Waals surface area contributed by atoms with E-state index in [0.717, 1.165) is 10.9 Å². The minimum Gasteiger partial charge on any atom is -0.507 e. The predicted octanol–water partition coefficient (Wildman–Crippen LogP) is 2.87. The zero-order valence-electron chi connectivity index (χ0n) is 9.57. The monoisotopic (exact) mass is 218 g/mol. The van der Waals surface area contributed by atoms with Gasteiger partial charge in [-0.25, -0.2) is 0 Å². The molecule has 0 aliphatic carbocycles. The zero-order chi connectivity index (χ0) is 11.7. The molecule has 3 nitrogen and oxygen atoms in total. The topological polar surface area (TPSA) is 38.7 Å². The highest BCUT2D eigenvalue weighted by atomic mass is 16.5. The summed E-state index contributed by atoms with van der Waals surface area (Å²) in [7, 11) is 3.18. The number of phenolic OH excluding ortho intramolecular Hbond substituents is 1. The van der Waals surface area contributed by atoms with Crippen LogP contribution in [0, 0.1) is 6.92 Å². The Hall–Kier alpha value is -1.90. The molecule has 0 saturated heterocycles. The molecule has 0 aliphatic heterocycles. The summed E-state index contributed by atoms with van der Waals surface area (Å²) in [6, 6.07) is 7.35. The van der Waals surface area contributed by atoms with Crippen LogP contribution in [0.25, 0.3) is 10.8 Å². The van der Waals surface area contributed by atoms with E-state index in [0.29, 0.717) is 16.9 Å². The van der Waals surface area contributed by atoms with Crippen molar-refractivity contribution >= 4 is 10.8 Å². The number of ether oxygens (including phenoxy) is 2. The van der Waals surface area contributed by atoms with Crippen molar-refractivity contribution in [1.29, 1.82) is 0 Å². The van der Waals surface area contributed by atoms with Crippen LogP contribution in [0.5, 0.6) is 17.2 Å². The molecule has 0 spiro atoms. The summed E-state index contributed by atoms with van der Waals surface area (Å²) in [6.07, 6.45) is 0. The van der Waals surface area contributed by atoms with Crippen molar-refractivity contribution in [2.45, 2.75) is 6.92 Å². The highest BCUT2D eigenvalue weighted by Crippen LogP contribution is 2.37. The molecule has 0 heterocycles. The number of rotatable bonds is 2. The van der Waals surface area contributed by atoms with Gasteiger partial charge < -0.3 is 14.6 Å². The maximum atomic E-state index is 9.91. The van der Waals surface area contributed by atoms with Gasteiger partial charge in [0.25, 0.3) is 0 Å². The van der Waals surface area contributed by atoms with Crippen LogP contribution in [0.15, 0.2) is 24.3 Å². The molecule has 2 aromatic rings. The molecule has 0 fully saturated rings. The van der Waals surface area contributed by atoms with E-state index >= 15 is 0 Å². The van der Waals surface area contributed by atoms with Crippen molar-refractivity contribution in [2.24, 2.45) is 0 Å². The molecule has 0 unspecified atom stereocenters. The Kier molecular flexibility index (Phi) is 2.60. The molecule has 1 N–H and O–H groups in total. The molecule has 0 radical (unpaired) electrons. The van der Waals surface area contributed by atoms with Gasteiger partial charge in [-0.15, -0.1) is 0 Å². The minimum atomic E-state index is 0.231. The van der Waals surface area contributed by atoms with E-state index in [4.69, 9.17) is 9.47 Å². The number of hydrogen-bond acceptors (Lipinski definition) is 3. The van der Waals surface area contributed by atoms with Crippen LogP contribution in [0.3, 0.4) is 0 Å². The molecule has 0 amide bonds. The summed E-state index contributed by atoms with van der Waals surface area (Å²) in [4.78, 5) is 0. The second-order valence-corrected chi connectivity index (χ2v) is 3.71. The van der Waals surface area contributed by atoms with Crippen molar-refractivity contribution in [2.75, 3.05) is 14.2 Å². The summed E-state index contributed by atoms with van der Waals surface area (Å²) in [6.45, 7) is 1.94. The molecule has 0 aromatic heterocycles. The molecule has 16 heavy (non-hydrogen) atoms. The van der Waals surface area contributed by atoms with Crippen molar-refractivity contribution in [1.82, 2.24) is 0 Å². The van der Waals surface area contributed by atoms with Gasteiger partial charge in [-0.2, -0.15) is 0 Å². The van der Waals surface area contributed by atoms with Crippen molar-refractivity contribution < 1.29 is 14.6 Å². The summed E-state index contributed by atoms with van der Waals surface area (Å²) in [5, 5.41) is 11.5. The van der Waals surface area contributed by atoms with E-state index in [1.807, 2.05) is 19.1 Å². The third-order valence-corrected chi connectivity index (χ3v) is 2.57. The standard InChI is InChI=1S/C13H14O3/c1-8-4-9-6-10(15-2)7-12(16-3)13(9)11(14)5-8/h4-7,14H,1-3H3. The summed E-state index contributed by atoms with van der Waals surface area (Å²) in [5.41, 5.74) is 1.00. The third-order valence-electron chi connectivity index (χ3n) is 2.57. The van der Waals surface area contributed by atoms with Gasteiger partial charge in [0.1, 0.15) is 17.2 Å². The normalized spacial score (nSPS) is 10.4. The average Bonchev–Trinajstić information content (AvgIpc) is 2.26. The number of methoxy groups -OCH3 is 2. The average molecular weight is 218 g/mol. The number of fused-ring (bicyclic) bond motifs is 1. The third kappa shape index (κ3) is 1.65. The zero-order valence-corrected chi connectivity index (χ0v) is 9.57. The molecular weight excluding hydrogens is 204 g/mol. The fraction of sp³-hybridized carbons (Fsp3) is 0.231. The fourth-order valence-corrected chi connectivity index (χ4v) is 1.85. The summed E-state index contributed by atoms with van der Waals surface area (Å²) < 4.78 is 10.4. The Morgan fingerprint density at radius 3 is 2.38 bits per heavy atom. The predicted molar refractivity (Wildman–Crippen MR) is 63.5 cm³/mol. The van der Waals surface area contributed by atoms with E-state index in [1.54, 1.807) is 26.4 Å². The highest BCUT2D eigenvalue weighted by Gasteiger charge is 2.09. The molecule has 0 bridgehead atoms. The summed E-state index contributed by atoms with van der Waals surface area (Å²) in [5.74, 6) is 1.57. The Morgan fingerprint density at radius 1 is 1.00 bits per heavy atom. The van der Waals surface area contributed by atoms with Crippen molar-refractivity contribution in [3.63, 3.8) is 0 Å². The first kappa shape index (κ1) is 10.6. The van der Waals surface area contributed by atoms with E-state index in [2.05, 4.69) is 0 Å². The maximum Gasteiger partial charge on any atom is 0.134 e. The van der Waals surface area contributed by atoms with Gasteiger partial charge in [-0.05, 0) is 30.0 Å². The fourth-order valence-electron chi connectivity index (χ4n) is 1.85. The van der Waals surface area contributed by atoms with Gasteiger partial charge in [-0.1, -0.05) is 6.07 Å². The first-order valence-corrected chi connectivity index (χ1v) is 5.01. The van der Waals surface area contributed by atoms with Crippen LogP contribution in [-0.4, -0.2) is 19.3 Å². The van der Waals surface area contributed by atoms with Gasteiger partial charge in [0.05, 0.1) is 19.6 Å². The van der Waals surface area contributed by atoms with Gasteiger partial charge in [0.15, 0.2) is 0 Å². The molecule has 3 heteroatoms. The van der Waals surface area contributed by atoms with Crippen molar-refractivity contribution in [3.8, 4) is 17.2 Å². The lowest BCUT2D eigenvalue weighted by Crippen LogP contribution is -1.89. The van der Waals surface area contributed by atoms with Gasteiger partial charge >= 0.3 is 0 Å². The van der Waals surface area contributed by atoms with Gasteiger partial charge in [0, 0.05) is 6.07 Å². The Morgan fingerprint density at radius 2 is 1.75 bits per heavy atom. The molecular formula is C13H14O3. The first-order chi connectivity index (χ1) is 7.65. The summed E-state index contributed by atoms with van der Waals surface area (Å²) >= 11 is 0. The quantitative estimate of drug-likeness (QED) is 0.842. The maximum absolute atomic E-state index is 9.91. The molecule has 0 atom stereocenters. The number of benzene rings is 2. The molecule has 2 rings (SSSR count). The van der Waals surface area contributed by atoms with Gasteiger partial charge in [-0.3, -0.25) is 0 Å². The lowest BCUT2D eigenvalue weighted by molar-refractivity contribution is 0.396. The van der Waals surface area contributed by atoms with Crippen LogP contribution >= 0.6 is 0 Å². The molecule has 0 saturated carbocycles. The Labute approximate surface area is 94.2 Å². The highest BCUT2D eigenvalue weighted by molar-refractivity contribution is 5.95. The van der Waals surface area contributed by atoms with Crippen LogP contribution in [0.1, 0.15) is 5.56 Å². The lowest BCUT2D eigenvalue weighted by Gasteiger charge is -2.10. The smallest absolute Gasteiger partial charge is 0.134 e. The van der Waals surface area contributed by atoms with E-state index in [1.165, 1.54) is 0 Å². The second kappa shape index (κ2) is 3.93. The van der Waals surface area contributed by atoms with E-state index < -0.39 is 0 Å². The van der Waals surface area contributed by atoms with E-state index in [9.17, 15) is 5.11 Å². The number of aryl methyl sites for hydroxylation is 1. The van der Waals surface area contributed by atoms with Crippen LogP contribution < -0.4 is 9.47 Å². The van der Waals surface area contributed by atoms with Crippen LogP contribution in [-0.2, 0) is 0 Å². The SMILES string of the molecule is COc1cc(OC)c2c(O)cc(C)cc2c1. The van der Waals surface area contributed by atoms with E-state index in [-0.39, 0.29) is 5.75 Å². The lowest BCUT2D eigenvalue weighted by atomic mass is 10.1. The van der Waals surface area contributed by atoms with Crippen LogP contribution in [0.2, 0.25) is 0 Å². The Bertz CT molecular complexity index is 532. The number of aromatic hydroxyl groups is 1. The Balaban J connectivity index is 2.83.